The summed E-state index contributed by atoms with van der Waals surface area (Å²) < 4.78 is 25.5. The predicted molar refractivity (Wildman–Crippen MR) is 151 cm³/mol. The third kappa shape index (κ3) is 6.04. The molecule has 3 amide bonds. The number of para-hydroxylation sites is 2. The van der Waals surface area contributed by atoms with Crippen molar-refractivity contribution >= 4 is 44.5 Å². The summed E-state index contributed by atoms with van der Waals surface area (Å²) in [5.41, 5.74) is 3.53. The smallest absolute Gasteiger partial charge is 0.243 e. The first-order chi connectivity index (χ1) is 19.2. The molecule has 2 heterocycles. The number of fused-ring (bicyclic) bond motifs is 1. The molecule has 0 spiro atoms. The summed E-state index contributed by atoms with van der Waals surface area (Å²) in [5.74, 6) is -0.806. The zero-order valence-electron chi connectivity index (χ0n) is 21.8. The quantitative estimate of drug-likeness (QED) is 0.288. The Morgan fingerprint density at radius 3 is 2.25 bits per heavy atom. The van der Waals surface area contributed by atoms with Gasteiger partial charge in [-0.05, 0) is 41.8 Å². The molecular weight excluding hydrogens is 530 g/mol. The summed E-state index contributed by atoms with van der Waals surface area (Å²) in [5, 5.41) is 5.80. The van der Waals surface area contributed by atoms with E-state index in [1.54, 1.807) is 24.3 Å². The minimum atomic E-state index is -3.67. The molecule has 1 aliphatic heterocycles. The number of carbonyl (C=O) groups is 3. The lowest BCUT2D eigenvalue weighted by Gasteiger charge is -2.23. The van der Waals surface area contributed by atoms with Crippen LogP contribution in [0, 0.1) is 0 Å². The number of benzene rings is 3. The number of sulfonamides is 1. The van der Waals surface area contributed by atoms with Crippen LogP contribution in [-0.4, -0.2) is 47.9 Å². The number of H-pyrrole nitrogens is 1. The molecule has 0 bridgehead atoms. The predicted octanol–water partition coefficient (Wildman–Crippen LogP) is 2.78. The van der Waals surface area contributed by atoms with Crippen molar-refractivity contribution < 1.29 is 22.8 Å². The van der Waals surface area contributed by atoms with E-state index in [4.69, 9.17) is 0 Å². The number of nitrogens with one attached hydrogen (secondary N) is 3. The van der Waals surface area contributed by atoms with Crippen molar-refractivity contribution in [3.63, 3.8) is 0 Å². The number of imidazole rings is 1. The van der Waals surface area contributed by atoms with E-state index >= 15 is 0 Å². The molecule has 3 aromatic carbocycles. The lowest BCUT2D eigenvalue weighted by atomic mass is 10.0. The molecule has 0 radical (unpaired) electrons. The van der Waals surface area contributed by atoms with Gasteiger partial charge < -0.3 is 15.6 Å². The minimum absolute atomic E-state index is 0.0390. The zero-order chi connectivity index (χ0) is 28.3. The summed E-state index contributed by atoms with van der Waals surface area (Å²) in [6.07, 6.45) is 0.597. The van der Waals surface area contributed by atoms with Gasteiger partial charge in [-0.1, -0.05) is 54.6 Å². The van der Waals surface area contributed by atoms with E-state index < -0.39 is 28.0 Å². The summed E-state index contributed by atoms with van der Waals surface area (Å²) in [6.45, 7) is 1.37. The number of hydrogen-bond donors (Lipinski definition) is 3. The Morgan fingerprint density at radius 1 is 0.925 bits per heavy atom. The number of nitrogens with zero attached hydrogens (tertiary/aromatic N) is 2. The van der Waals surface area contributed by atoms with Crippen LogP contribution in [0.15, 0.2) is 78.9 Å². The highest BCUT2D eigenvalue weighted by molar-refractivity contribution is 7.94. The van der Waals surface area contributed by atoms with Gasteiger partial charge in [-0.2, -0.15) is 0 Å². The van der Waals surface area contributed by atoms with Crippen molar-refractivity contribution in [2.75, 3.05) is 10.1 Å². The van der Waals surface area contributed by atoms with Crippen LogP contribution < -0.4 is 14.9 Å². The van der Waals surface area contributed by atoms with Crippen molar-refractivity contribution in [2.45, 2.75) is 38.3 Å². The number of aromatic amines is 1. The van der Waals surface area contributed by atoms with E-state index in [-0.39, 0.29) is 29.7 Å². The maximum absolute atomic E-state index is 13.5. The first-order valence-corrected chi connectivity index (χ1v) is 14.5. The third-order valence-corrected chi connectivity index (χ3v) is 8.41. The SMILES string of the molecule is CC(=O)N[C@@H](Cc1ccccc1)C(=O)N[C@H](Cc1ccc(N2C(=O)CCS2(=O)=O)cc1)c1nc2ccccc2[nH]1. The molecule has 1 saturated heterocycles. The van der Waals surface area contributed by atoms with Crippen molar-refractivity contribution in [1.82, 2.24) is 20.6 Å². The van der Waals surface area contributed by atoms with Crippen LogP contribution in [0.4, 0.5) is 5.69 Å². The number of carbonyl (C=O) groups excluding carboxylic acids is 3. The molecule has 0 unspecified atom stereocenters. The molecule has 0 aliphatic carbocycles. The number of rotatable bonds is 9. The fourth-order valence-corrected chi connectivity index (χ4v) is 6.26. The van der Waals surface area contributed by atoms with E-state index in [1.165, 1.54) is 6.92 Å². The Labute approximate surface area is 231 Å². The van der Waals surface area contributed by atoms with Crippen LogP contribution in [-0.2, 0) is 37.2 Å². The molecule has 10 nitrogen and oxygen atoms in total. The number of anilines is 1. The first kappa shape index (κ1) is 27.1. The number of amides is 3. The number of aromatic nitrogens is 2. The Bertz CT molecular complexity index is 1620. The molecule has 1 aromatic heterocycles. The van der Waals surface area contributed by atoms with Crippen molar-refractivity contribution in [3.05, 3.63) is 95.8 Å². The highest BCUT2D eigenvalue weighted by atomic mass is 32.2. The molecule has 2 atom stereocenters. The van der Waals surface area contributed by atoms with Gasteiger partial charge in [0.05, 0.1) is 28.5 Å². The van der Waals surface area contributed by atoms with Gasteiger partial charge in [-0.15, -0.1) is 0 Å². The first-order valence-electron chi connectivity index (χ1n) is 12.9. The maximum atomic E-state index is 13.5. The van der Waals surface area contributed by atoms with E-state index in [0.717, 1.165) is 26.5 Å². The molecule has 1 fully saturated rings. The Hall–Kier alpha value is -4.51. The molecule has 40 heavy (non-hydrogen) atoms. The van der Waals surface area contributed by atoms with Crippen LogP contribution in [0.5, 0.6) is 0 Å². The van der Waals surface area contributed by atoms with Gasteiger partial charge in [-0.25, -0.2) is 17.7 Å². The summed E-state index contributed by atoms with van der Waals surface area (Å²) >= 11 is 0. The normalized spacial score (nSPS) is 16.0. The van der Waals surface area contributed by atoms with Crippen LogP contribution in [0.2, 0.25) is 0 Å². The van der Waals surface area contributed by atoms with Gasteiger partial charge in [-0.3, -0.25) is 14.4 Å². The molecule has 4 aromatic rings. The van der Waals surface area contributed by atoms with Crippen molar-refractivity contribution in [3.8, 4) is 0 Å². The summed E-state index contributed by atoms with van der Waals surface area (Å²) in [7, 11) is -3.67. The second-order valence-electron chi connectivity index (χ2n) is 9.74. The van der Waals surface area contributed by atoms with Gasteiger partial charge in [0, 0.05) is 19.8 Å². The largest absolute Gasteiger partial charge is 0.344 e. The zero-order valence-corrected chi connectivity index (χ0v) is 22.6. The number of hydrogen-bond acceptors (Lipinski definition) is 6. The molecule has 206 valence electrons. The fourth-order valence-electron chi connectivity index (χ4n) is 4.80. The van der Waals surface area contributed by atoms with Crippen molar-refractivity contribution in [2.24, 2.45) is 0 Å². The lowest BCUT2D eigenvalue weighted by molar-refractivity contribution is -0.128. The molecule has 5 rings (SSSR count). The molecule has 1 aliphatic rings. The lowest BCUT2D eigenvalue weighted by Crippen LogP contribution is -2.48. The Balaban J connectivity index is 1.41. The maximum Gasteiger partial charge on any atom is 0.243 e. The van der Waals surface area contributed by atoms with E-state index in [2.05, 4.69) is 20.6 Å². The standard InChI is InChI=1S/C29H29N5O5S/c1-19(35)30-26(18-20-7-3-2-4-8-20)29(37)33-25(28-31-23-9-5-6-10-24(23)32-28)17-21-11-13-22(14-12-21)34-27(36)15-16-40(34,38)39/h2-14,25-26H,15-18H2,1H3,(H,30,35)(H,31,32)(H,33,37)/t25-,26+/m1/s1. The summed E-state index contributed by atoms with van der Waals surface area (Å²) in [4.78, 5) is 45.6. The van der Waals surface area contributed by atoms with Crippen LogP contribution in [0.1, 0.15) is 36.3 Å². The highest BCUT2D eigenvalue weighted by Crippen LogP contribution is 2.27. The van der Waals surface area contributed by atoms with Crippen molar-refractivity contribution in [1.29, 1.82) is 0 Å². The second kappa shape index (κ2) is 11.3. The average Bonchev–Trinajstić information content (AvgIpc) is 3.48. The second-order valence-corrected chi connectivity index (χ2v) is 11.7. The average molecular weight is 560 g/mol. The Kier molecular flexibility index (Phi) is 7.65. The Morgan fingerprint density at radius 2 is 1.60 bits per heavy atom. The van der Waals surface area contributed by atoms with E-state index in [9.17, 15) is 22.8 Å². The van der Waals surface area contributed by atoms with E-state index in [0.29, 0.717) is 18.7 Å². The van der Waals surface area contributed by atoms with Crippen LogP contribution in [0.3, 0.4) is 0 Å². The van der Waals surface area contributed by atoms with E-state index in [1.807, 2.05) is 54.6 Å². The van der Waals surface area contributed by atoms with Gasteiger partial charge in [0.25, 0.3) is 0 Å². The minimum Gasteiger partial charge on any atom is -0.344 e. The van der Waals surface area contributed by atoms with Gasteiger partial charge in [0.15, 0.2) is 0 Å². The molecule has 3 N–H and O–H groups in total. The third-order valence-electron chi connectivity index (χ3n) is 6.72. The fraction of sp³-hybridized carbons (Fsp3) is 0.241. The molecule has 0 saturated carbocycles. The summed E-state index contributed by atoms with van der Waals surface area (Å²) in [6, 6.07) is 22.2. The monoisotopic (exact) mass is 559 g/mol. The van der Waals surface area contributed by atoms with Gasteiger partial charge in [0.1, 0.15) is 11.9 Å². The van der Waals surface area contributed by atoms with Crippen LogP contribution >= 0.6 is 0 Å². The van der Waals surface area contributed by atoms with Crippen LogP contribution in [0.25, 0.3) is 11.0 Å². The molecular formula is C29H29N5O5S. The highest BCUT2D eigenvalue weighted by Gasteiger charge is 2.36. The topological polar surface area (TPSA) is 141 Å². The van der Waals surface area contributed by atoms with Gasteiger partial charge >= 0.3 is 0 Å². The molecule has 11 heteroatoms. The van der Waals surface area contributed by atoms with Gasteiger partial charge in [0.2, 0.25) is 27.7 Å².